The van der Waals surface area contributed by atoms with Crippen LogP contribution in [0.5, 0.6) is 0 Å². The van der Waals surface area contributed by atoms with Gasteiger partial charge in [0.05, 0.1) is 5.92 Å². The first-order valence-electron chi connectivity index (χ1n) is 5.78. The Morgan fingerprint density at radius 1 is 1.11 bits per heavy atom. The van der Waals surface area contributed by atoms with Crippen molar-refractivity contribution >= 4 is 17.2 Å². The molecule has 0 saturated heterocycles. The van der Waals surface area contributed by atoms with E-state index in [-0.39, 0.29) is 5.92 Å². The quantitative estimate of drug-likeness (QED) is 0.672. The largest absolute Gasteiger partial charge is 0.195 e. The van der Waals surface area contributed by atoms with Crippen molar-refractivity contribution in [3.8, 4) is 0 Å². The van der Waals surface area contributed by atoms with Gasteiger partial charge in [-0.2, -0.15) is 9.61 Å². The Hall–Kier alpha value is -1.94. The summed E-state index contributed by atoms with van der Waals surface area (Å²) >= 11 is 5.93. The molecule has 0 spiro atoms. The molecule has 0 fully saturated rings. The van der Waals surface area contributed by atoms with Crippen LogP contribution >= 0.6 is 11.6 Å². The Bertz CT molecular complexity index is 750. The van der Waals surface area contributed by atoms with Gasteiger partial charge in [-0.05, 0) is 29.7 Å². The van der Waals surface area contributed by atoms with Gasteiger partial charge >= 0.3 is 0 Å². The first-order chi connectivity index (χ1) is 8.83. The van der Waals surface area contributed by atoms with E-state index < -0.39 is 0 Å². The summed E-state index contributed by atoms with van der Waals surface area (Å²) in [4.78, 5) is 0. The number of hydrogen-bond acceptors (Lipinski definition) is 3. The molecule has 0 amide bonds. The molecule has 4 nitrogen and oxygen atoms in total. The highest BCUT2D eigenvalue weighted by Gasteiger charge is 2.31. The maximum Gasteiger partial charge on any atom is 0.178 e. The van der Waals surface area contributed by atoms with E-state index in [9.17, 15) is 0 Å². The van der Waals surface area contributed by atoms with Crippen molar-refractivity contribution in [1.82, 2.24) is 19.8 Å². The molecule has 18 heavy (non-hydrogen) atoms. The third-order valence-electron chi connectivity index (χ3n) is 3.42. The fourth-order valence-electron chi connectivity index (χ4n) is 2.49. The Kier molecular flexibility index (Phi) is 1.96. The molecule has 3 aromatic rings. The lowest BCUT2D eigenvalue weighted by molar-refractivity contribution is 0.634. The fourth-order valence-corrected chi connectivity index (χ4v) is 2.63. The molecule has 1 unspecified atom stereocenters. The molecule has 0 aliphatic heterocycles. The van der Waals surface area contributed by atoms with Crippen LogP contribution in [0.25, 0.3) is 5.65 Å². The summed E-state index contributed by atoms with van der Waals surface area (Å²) in [6.07, 6.45) is 0.991. The number of benzene rings is 1. The van der Waals surface area contributed by atoms with Crippen molar-refractivity contribution in [3.05, 3.63) is 58.5 Å². The Morgan fingerprint density at radius 2 is 2.00 bits per heavy atom. The van der Waals surface area contributed by atoms with Gasteiger partial charge in [-0.15, -0.1) is 10.2 Å². The second-order valence-electron chi connectivity index (χ2n) is 4.44. The zero-order valence-corrected chi connectivity index (χ0v) is 10.2. The van der Waals surface area contributed by atoms with Crippen LogP contribution in [-0.2, 0) is 6.42 Å². The monoisotopic (exact) mass is 256 g/mol. The first kappa shape index (κ1) is 10.0. The molecule has 2 aromatic heterocycles. The van der Waals surface area contributed by atoms with Gasteiger partial charge in [0.25, 0.3) is 0 Å². The van der Waals surface area contributed by atoms with E-state index in [0.29, 0.717) is 5.15 Å². The highest BCUT2D eigenvalue weighted by Crippen LogP contribution is 2.38. The van der Waals surface area contributed by atoms with Gasteiger partial charge in [-0.3, -0.25) is 0 Å². The average Bonchev–Trinajstić information content (AvgIpc) is 2.74. The third kappa shape index (κ3) is 1.29. The predicted molar refractivity (Wildman–Crippen MR) is 67.8 cm³/mol. The predicted octanol–water partition coefficient (Wildman–Crippen LogP) is 2.47. The van der Waals surface area contributed by atoms with Crippen LogP contribution in [0.2, 0.25) is 5.15 Å². The van der Waals surface area contributed by atoms with Crippen LogP contribution in [0.1, 0.15) is 22.9 Å². The zero-order chi connectivity index (χ0) is 12.1. The van der Waals surface area contributed by atoms with E-state index in [4.69, 9.17) is 11.6 Å². The molecule has 88 valence electrons. The van der Waals surface area contributed by atoms with Crippen molar-refractivity contribution in [2.75, 3.05) is 0 Å². The van der Waals surface area contributed by atoms with Crippen molar-refractivity contribution < 1.29 is 0 Å². The average molecular weight is 257 g/mol. The molecule has 0 N–H and O–H groups in total. The molecule has 0 radical (unpaired) electrons. The Balaban J connectivity index is 1.88. The van der Waals surface area contributed by atoms with E-state index in [1.807, 2.05) is 6.07 Å². The third-order valence-corrected chi connectivity index (χ3v) is 3.62. The number of hydrogen-bond donors (Lipinski definition) is 0. The molecule has 1 atom stereocenters. The number of aromatic nitrogens is 4. The van der Waals surface area contributed by atoms with E-state index in [1.54, 1.807) is 10.6 Å². The van der Waals surface area contributed by atoms with Gasteiger partial charge in [0.1, 0.15) is 5.15 Å². The van der Waals surface area contributed by atoms with Crippen LogP contribution in [0.15, 0.2) is 36.4 Å². The highest BCUT2D eigenvalue weighted by atomic mass is 35.5. The van der Waals surface area contributed by atoms with Crippen molar-refractivity contribution in [3.63, 3.8) is 0 Å². The SMILES string of the molecule is Clc1ccc2nnc(C3Cc4ccccc43)n2n1. The first-order valence-corrected chi connectivity index (χ1v) is 6.16. The minimum Gasteiger partial charge on any atom is -0.195 e. The maximum atomic E-state index is 5.93. The number of rotatable bonds is 1. The molecule has 0 saturated carbocycles. The van der Waals surface area contributed by atoms with E-state index in [2.05, 4.69) is 39.6 Å². The lowest BCUT2D eigenvalue weighted by Crippen LogP contribution is -2.21. The maximum absolute atomic E-state index is 5.93. The molecular weight excluding hydrogens is 248 g/mol. The number of fused-ring (bicyclic) bond motifs is 2. The summed E-state index contributed by atoms with van der Waals surface area (Å²) in [5.74, 6) is 1.15. The van der Waals surface area contributed by atoms with Gasteiger partial charge in [0.2, 0.25) is 0 Å². The van der Waals surface area contributed by atoms with Gasteiger partial charge in [0, 0.05) is 0 Å². The lowest BCUT2D eigenvalue weighted by atomic mass is 9.77. The fraction of sp³-hybridized carbons (Fsp3) is 0.154. The molecule has 1 aromatic carbocycles. The second kappa shape index (κ2) is 3.53. The van der Waals surface area contributed by atoms with E-state index in [1.165, 1.54) is 11.1 Å². The summed E-state index contributed by atoms with van der Waals surface area (Å²) in [5.41, 5.74) is 3.42. The van der Waals surface area contributed by atoms with Crippen LogP contribution in [0.4, 0.5) is 0 Å². The Morgan fingerprint density at radius 3 is 2.89 bits per heavy atom. The van der Waals surface area contributed by atoms with Crippen molar-refractivity contribution in [2.45, 2.75) is 12.3 Å². The van der Waals surface area contributed by atoms with Crippen LogP contribution in [0.3, 0.4) is 0 Å². The highest BCUT2D eigenvalue weighted by molar-refractivity contribution is 6.29. The minimum absolute atomic E-state index is 0.280. The summed E-state index contributed by atoms with van der Waals surface area (Å²) < 4.78 is 1.74. The van der Waals surface area contributed by atoms with E-state index in [0.717, 1.165) is 17.9 Å². The molecule has 1 aliphatic rings. The standard InChI is InChI=1S/C13H9ClN4/c14-11-5-6-12-15-16-13(18(12)17-11)10-7-8-3-1-2-4-9(8)10/h1-6,10H,7H2. The zero-order valence-electron chi connectivity index (χ0n) is 9.42. The lowest BCUT2D eigenvalue weighted by Gasteiger charge is -2.28. The second-order valence-corrected chi connectivity index (χ2v) is 4.83. The number of nitrogens with zero attached hydrogens (tertiary/aromatic N) is 4. The van der Waals surface area contributed by atoms with Gasteiger partial charge in [-0.25, -0.2) is 0 Å². The molecule has 4 rings (SSSR count). The summed E-state index contributed by atoms with van der Waals surface area (Å²) in [6, 6.07) is 12.0. The molecule has 2 heterocycles. The van der Waals surface area contributed by atoms with E-state index >= 15 is 0 Å². The summed E-state index contributed by atoms with van der Waals surface area (Å²) in [7, 11) is 0. The normalized spacial score (nSPS) is 17.5. The summed E-state index contributed by atoms with van der Waals surface area (Å²) in [6.45, 7) is 0. The Labute approximate surface area is 108 Å². The van der Waals surface area contributed by atoms with Crippen molar-refractivity contribution in [2.24, 2.45) is 0 Å². The topological polar surface area (TPSA) is 43.1 Å². The van der Waals surface area contributed by atoms with Gasteiger partial charge in [0.15, 0.2) is 11.5 Å². The summed E-state index contributed by atoms with van der Waals surface area (Å²) in [5, 5.41) is 13.1. The van der Waals surface area contributed by atoms with Gasteiger partial charge in [-0.1, -0.05) is 35.9 Å². The minimum atomic E-state index is 0.280. The van der Waals surface area contributed by atoms with Gasteiger partial charge < -0.3 is 0 Å². The molecule has 5 heteroatoms. The van der Waals surface area contributed by atoms with Crippen LogP contribution in [0, 0.1) is 0 Å². The van der Waals surface area contributed by atoms with Crippen molar-refractivity contribution in [1.29, 1.82) is 0 Å². The smallest absolute Gasteiger partial charge is 0.178 e. The molecular formula is C13H9ClN4. The van der Waals surface area contributed by atoms with Crippen LogP contribution < -0.4 is 0 Å². The van der Waals surface area contributed by atoms with Crippen LogP contribution in [-0.4, -0.2) is 19.8 Å². The molecule has 1 aliphatic carbocycles. The molecule has 0 bridgehead atoms. The number of halogens is 1.